The molecule has 1 saturated carbocycles. The summed E-state index contributed by atoms with van der Waals surface area (Å²) in [7, 11) is 0. The predicted molar refractivity (Wildman–Crippen MR) is 147 cm³/mol. The van der Waals surface area contributed by atoms with Gasteiger partial charge in [-0.1, -0.05) is 25.3 Å². The molecule has 3 aromatic heterocycles. The van der Waals surface area contributed by atoms with Gasteiger partial charge < -0.3 is 19.2 Å². The van der Waals surface area contributed by atoms with Crippen LogP contribution >= 0.6 is 11.3 Å². The van der Waals surface area contributed by atoms with Crippen LogP contribution < -0.4 is 19.7 Å². The van der Waals surface area contributed by atoms with Crippen molar-refractivity contribution in [3.8, 4) is 23.1 Å². The molecule has 1 fully saturated rings. The van der Waals surface area contributed by atoms with Crippen LogP contribution in [0.25, 0.3) is 11.6 Å². The normalized spacial score (nSPS) is 15.9. The second-order valence-electron chi connectivity index (χ2n) is 9.91. The number of hydrogen-bond donors (Lipinski definition) is 1. The Labute approximate surface area is 235 Å². The van der Waals surface area contributed by atoms with Crippen LogP contribution in [0, 0.1) is 6.92 Å². The van der Waals surface area contributed by atoms with Gasteiger partial charge >= 0.3 is 0 Å². The highest BCUT2D eigenvalue weighted by Crippen LogP contribution is 2.38. The predicted octanol–water partition coefficient (Wildman–Crippen LogP) is 4.30. The lowest BCUT2D eigenvalue weighted by Gasteiger charge is -2.33. The molecule has 1 aromatic carbocycles. The largest absolute Gasteiger partial charge is 0.486 e. The van der Waals surface area contributed by atoms with E-state index in [0.717, 1.165) is 36.3 Å². The van der Waals surface area contributed by atoms with E-state index >= 15 is 0 Å². The van der Waals surface area contributed by atoms with Crippen molar-refractivity contribution in [3.63, 3.8) is 0 Å². The first-order chi connectivity index (χ1) is 19.5. The molecular weight excluding hydrogens is 532 g/mol. The molecule has 2 amide bonds. The standard InChI is InChI=1S/C28H30N6O5S/c1-18-9-11-22(39-18)27-30-32-33(31-27)17-25(35)34(20-10-12-21-23(16-20)38-14-13-37-21)26(24-8-5-15-40-24)28(36)29-19-6-3-2-4-7-19/h5,8-12,15-16,19,26H,2-4,6-7,13-14,17H2,1H3,(H,29,36)/t26-/m1/s1. The number of amides is 2. The number of anilines is 1. The number of carbonyl (C=O) groups excluding carboxylic acids is 2. The molecule has 2 aliphatic rings. The summed E-state index contributed by atoms with van der Waals surface area (Å²) in [5.74, 6) is 1.96. The van der Waals surface area contributed by atoms with E-state index in [1.807, 2.05) is 24.4 Å². The van der Waals surface area contributed by atoms with Crippen molar-refractivity contribution >= 4 is 28.8 Å². The summed E-state index contributed by atoms with van der Waals surface area (Å²) >= 11 is 1.43. The van der Waals surface area contributed by atoms with Crippen molar-refractivity contribution in [2.24, 2.45) is 0 Å². The van der Waals surface area contributed by atoms with Crippen LogP contribution in [0.4, 0.5) is 5.69 Å². The Morgan fingerprint density at radius 1 is 1.10 bits per heavy atom. The number of fused-ring (bicyclic) bond motifs is 1. The van der Waals surface area contributed by atoms with Crippen LogP contribution in [0.15, 0.2) is 52.3 Å². The number of nitrogens with one attached hydrogen (secondary N) is 1. The van der Waals surface area contributed by atoms with Crippen molar-refractivity contribution in [2.75, 3.05) is 18.1 Å². The van der Waals surface area contributed by atoms with Crippen LogP contribution in [-0.4, -0.2) is 51.3 Å². The summed E-state index contributed by atoms with van der Waals surface area (Å²) in [6.07, 6.45) is 5.19. The van der Waals surface area contributed by atoms with Gasteiger partial charge in [-0.15, -0.1) is 21.5 Å². The van der Waals surface area contributed by atoms with E-state index < -0.39 is 6.04 Å². The van der Waals surface area contributed by atoms with E-state index in [9.17, 15) is 9.59 Å². The minimum absolute atomic E-state index is 0.0808. The summed E-state index contributed by atoms with van der Waals surface area (Å²) in [6, 6.07) is 11.8. The van der Waals surface area contributed by atoms with E-state index in [2.05, 4.69) is 20.7 Å². The van der Waals surface area contributed by atoms with E-state index in [1.54, 1.807) is 30.3 Å². The molecule has 0 radical (unpaired) electrons. The number of rotatable bonds is 8. The van der Waals surface area contributed by atoms with Gasteiger partial charge in [-0.2, -0.15) is 4.80 Å². The topological polar surface area (TPSA) is 125 Å². The number of furan rings is 1. The number of tetrazole rings is 1. The Kier molecular flexibility index (Phi) is 7.49. The van der Waals surface area contributed by atoms with Gasteiger partial charge in [0.2, 0.25) is 11.7 Å². The third kappa shape index (κ3) is 5.57. The number of ether oxygens (including phenoxy) is 2. The molecule has 0 unspecified atom stereocenters. The lowest BCUT2D eigenvalue weighted by Crippen LogP contribution is -2.48. The SMILES string of the molecule is Cc1ccc(-c2nnn(CC(=O)N(c3ccc4c(c3)OCCO4)[C@@H](C(=O)NC3CCCCC3)c3cccs3)n2)o1. The van der Waals surface area contributed by atoms with E-state index in [1.165, 1.54) is 27.5 Å². The molecule has 208 valence electrons. The number of hydrogen-bond acceptors (Lipinski definition) is 9. The first kappa shape index (κ1) is 26.1. The van der Waals surface area contributed by atoms with Crippen molar-refractivity contribution < 1.29 is 23.5 Å². The molecule has 1 atom stereocenters. The zero-order chi connectivity index (χ0) is 27.5. The van der Waals surface area contributed by atoms with Crippen LogP contribution in [0.1, 0.15) is 48.8 Å². The highest BCUT2D eigenvalue weighted by Gasteiger charge is 2.36. The zero-order valence-electron chi connectivity index (χ0n) is 22.1. The summed E-state index contributed by atoms with van der Waals surface area (Å²) in [4.78, 5) is 31.5. The molecule has 1 aliphatic heterocycles. The summed E-state index contributed by atoms with van der Waals surface area (Å²) in [6.45, 7) is 2.44. The van der Waals surface area contributed by atoms with Gasteiger partial charge in [-0.25, -0.2) is 0 Å². The minimum atomic E-state index is -0.896. The fraction of sp³-hybridized carbons (Fsp3) is 0.393. The maximum Gasteiger partial charge on any atom is 0.251 e. The third-order valence-electron chi connectivity index (χ3n) is 7.03. The molecule has 1 N–H and O–H groups in total. The highest BCUT2D eigenvalue weighted by molar-refractivity contribution is 7.10. The smallest absolute Gasteiger partial charge is 0.251 e. The number of benzene rings is 1. The number of nitrogens with zero attached hydrogens (tertiary/aromatic N) is 5. The molecule has 0 spiro atoms. The quantitative estimate of drug-likeness (QED) is 0.337. The van der Waals surface area contributed by atoms with E-state index in [0.29, 0.717) is 36.2 Å². The van der Waals surface area contributed by atoms with Crippen LogP contribution in [0.5, 0.6) is 11.5 Å². The van der Waals surface area contributed by atoms with Crippen LogP contribution in [0.3, 0.4) is 0 Å². The third-order valence-corrected chi connectivity index (χ3v) is 7.96. The number of carbonyl (C=O) groups is 2. The summed E-state index contributed by atoms with van der Waals surface area (Å²) in [5, 5.41) is 17.6. The molecule has 40 heavy (non-hydrogen) atoms. The van der Waals surface area contributed by atoms with Gasteiger partial charge in [0.1, 0.15) is 31.6 Å². The Balaban J connectivity index is 1.35. The average molecular weight is 563 g/mol. The average Bonchev–Trinajstić information content (AvgIpc) is 3.75. The lowest BCUT2D eigenvalue weighted by molar-refractivity contribution is -0.127. The van der Waals surface area contributed by atoms with Gasteiger partial charge in [-0.3, -0.25) is 14.5 Å². The zero-order valence-corrected chi connectivity index (χ0v) is 22.9. The Morgan fingerprint density at radius 3 is 2.67 bits per heavy atom. The van der Waals surface area contributed by atoms with Crippen LogP contribution in [-0.2, 0) is 16.1 Å². The molecule has 0 saturated heterocycles. The van der Waals surface area contributed by atoms with Crippen molar-refractivity contribution in [1.29, 1.82) is 0 Å². The van der Waals surface area contributed by atoms with Crippen molar-refractivity contribution in [3.05, 3.63) is 58.5 Å². The first-order valence-corrected chi connectivity index (χ1v) is 14.3. The van der Waals surface area contributed by atoms with Crippen molar-refractivity contribution in [2.45, 2.75) is 57.7 Å². The van der Waals surface area contributed by atoms with Gasteiger partial charge in [0.05, 0.1) is 0 Å². The van der Waals surface area contributed by atoms with E-state index in [-0.39, 0.29) is 30.2 Å². The second kappa shape index (κ2) is 11.5. The van der Waals surface area contributed by atoms with E-state index in [4.69, 9.17) is 13.9 Å². The number of aryl methyl sites for hydroxylation is 1. The van der Waals surface area contributed by atoms with Gasteiger partial charge in [0, 0.05) is 22.7 Å². The molecule has 6 rings (SSSR count). The minimum Gasteiger partial charge on any atom is -0.486 e. The maximum absolute atomic E-state index is 14.1. The maximum atomic E-state index is 14.1. The Hall–Kier alpha value is -4.19. The summed E-state index contributed by atoms with van der Waals surface area (Å²) < 4.78 is 17.1. The number of thiophene rings is 1. The Morgan fingerprint density at radius 2 is 1.93 bits per heavy atom. The fourth-order valence-corrected chi connectivity index (χ4v) is 5.94. The molecular formula is C28H30N6O5S. The number of aromatic nitrogens is 4. The monoisotopic (exact) mass is 562 g/mol. The molecule has 4 aromatic rings. The van der Waals surface area contributed by atoms with Gasteiger partial charge in [-0.05, 0) is 60.7 Å². The lowest BCUT2D eigenvalue weighted by atomic mass is 9.95. The molecule has 12 heteroatoms. The molecule has 1 aliphatic carbocycles. The van der Waals surface area contributed by atoms with Crippen LogP contribution in [0.2, 0.25) is 0 Å². The fourth-order valence-electron chi connectivity index (χ4n) is 5.13. The first-order valence-electron chi connectivity index (χ1n) is 13.5. The molecule has 11 nitrogen and oxygen atoms in total. The van der Waals surface area contributed by atoms with Crippen molar-refractivity contribution in [1.82, 2.24) is 25.5 Å². The molecule has 4 heterocycles. The summed E-state index contributed by atoms with van der Waals surface area (Å²) in [5.41, 5.74) is 0.508. The Bertz CT molecular complexity index is 1480. The second-order valence-corrected chi connectivity index (χ2v) is 10.9. The van der Waals surface area contributed by atoms with Gasteiger partial charge in [0.15, 0.2) is 17.3 Å². The molecule has 0 bridgehead atoms. The van der Waals surface area contributed by atoms with Gasteiger partial charge in [0.25, 0.3) is 5.91 Å². The highest BCUT2D eigenvalue weighted by atomic mass is 32.1.